The van der Waals surface area contributed by atoms with Crippen molar-refractivity contribution in [2.75, 3.05) is 0 Å². The summed E-state index contributed by atoms with van der Waals surface area (Å²) in [6, 6.07) is 15.9. The molecule has 0 amide bonds. The van der Waals surface area contributed by atoms with E-state index in [1.807, 2.05) is 18.2 Å². The van der Waals surface area contributed by atoms with Crippen LogP contribution in [0, 0.1) is 0 Å². The number of carbonyl (C=O) groups is 1. The number of carbonyl (C=O) groups excluding carboxylic acids is 1. The molecule has 23 heavy (non-hydrogen) atoms. The number of ether oxygens (including phenoxy) is 1. The Morgan fingerprint density at radius 1 is 1.00 bits per heavy atom. The van der Waals surface area contributed by atoms with Crippen molar-refractivity contribution in [1.82, 2.24) is 0 Å². The Labute approximate surface area is 133 Å². The van der Waals surface area contributed by atoms with Gasteiger partial charge in [-0.05, 0) is 26.0 Å². The maximum atomic E-state index is 12.8. The van der Waals surface area contributed by atoms with Crippen LogP contribution in [0.2, 0.25) is 0 Å². The molecule has 0 unspecified atom stereocenters. The number of para-hydroxylation sites is 1. The minimum atomic E-state index is -0.668. The topological polar surface area (TPSA) is 56.5 Å². The van der Waals surface area contributed by atoms with Crippen molar-refractivity contribution in [3.05, 3.63) is 70.4 Å². The molecule has 0 bridgehead atoms. The number of fused-ring (bicyclic) bond motifs is 1. The molecule has 0 aliphatic rings. The van der Waals surface area contributed by atoms with Crippen molar-refractivity contribution >= 4 is 16.9 Å². The normalized spacial score (nSPS) is 10.9. The summed E-state index contributed by atoms with van der Waals surface area (Å²) in [7, 11) is 0. The molecule has 0 radical (unpaired) electrons. The third-order valence-corrected chi connectivity index (χ3v) is 3.38. The third kappa shape index (κ3) is 2.88. The Balaban J connectivity index is 2.32. The Morgan fingerprint density at radius 3 is 2.35 bits per heavy atom. The molecule has 3 rings (SSSR count). The van der Waals surface area contributed by atoms with Crippen molar-refractivity contribution in [3.8, 4) is 11.3 Å². The van der Waals surface area contributed by atoms with Gasteiger partial charge in [-0.25, -0.2) is 4.79 Å². The van der Waals surface area contributed by atoms with Crippen LogP contribution in [0.3, 0.4) is 0 Å². The van der Waals surface area contributed by atoms with Crippen molar-refractivity contribution in [2.24, 2.45) is 0 Å². The molecule has 0 aliphatic heterocycles. The standard InChI is InChI=1S/C19H16O4/c1-12(2)22-19(21)16-17(20)14-10-6-7-11-15(14)23-18(16)13-8-4-3-5-9-13/h3-12H,1-2H3. The molecular formula is C19H16O4. The van der Waals surface area contributed by atoms with Gasteiger partial charge >= 0.3 is 5.97 Å². The molecule has 0 saturated carbocycles. The van der Waals surface area contributed by atoms with Gasteiger partial charge in [0.1, 0.15) is 5.58 Å². The number of rotatable bonds is 3. The molecular weight excluding hydrogens is 292 g/mol. The summed E-state index contributed by atoms with van der Waals surface area (Å²) >= 11 is 0. The lowest BCUT2D eigenvalue weighted by Crippen LogP contribution is -2.21. The van der Waals surface area contributed by atoms with E-state index >= 15 is 0 Å². The average Bonchev–Trinajstić information content (AvgIpc) is 2.55. The highest BCUT2D eigenvalue weighted by atomic mass is 16.5. The zero-order valence-electron chi connectivity index (χ0n) is 12.9. The second-order valence-electron chi connectivity index (χ2n) is 5.45. The van der Waals surface area contributed by atoms with E-state index in [1.54, 1.807) is 50.2 Å². The summed E-state index contributed by atoms with van der Waals surface area (Å²) in [5, 5.41) is 0.364. The highest BCUT2D eigenvalue weighted by Gasteiger charge is 2.24. The Morgan fingerprint density at radius 2 is 1.65 bits per heavy atom. The largest absolute Gasteiger partial charge is 0.459 e. The zero-order chi connectivity index (χ0) is 16.4. The van der Waals surface area contributed by atoms with Gasteiger partial charge < -0.3 is 9.15 Å². The summed E-state index contributed by atoms with van der Waals surface area (Å²) in [4.78, 5) is 25.2. The van der Waals surface area contributed by atoms with E-state index in [2.05, 4.69) is 0 Å². The molecule has 3 aromatic rings. The molecule has 0 saturated heterocycles. The molecule has 2 aromatic carbocycles. The predicted octanol–water partition coefficient (Wildman–Crippen LogP) is 4.03. The first-order valence-corrected chi connectivity index (χ1v) is 7.40. The van der Waals surface area contributed by atoms with E-state index in [1.165, 1.54) is 0 Å². The summed E-state index contributed by atoms with van der Waals surface area (Å²) in [5.74, 6) is -0.432. The van der Waals surface area contributed by atoms with E-state index in [9.17, 15) is 9.59 Å². The fourth-order valence-electron chi connectivity index (χ4n) is 2.39. The molecule has 0 spiro atoms. The van der Waals surface area contributed by atoms with Crippen LogP contribution in [0.25, 0.3) is 22.3 Å². The van der Waals surface area contributed by atoms with Crippen LogP contribution in [0.15, 0.2) is 63.8 Å². The first-order chi connectivity index (χ1) is 11.1. The average molecular weight is 308 g/mol. The monoisotopic (exact) mass is 308 g/mol. The number of benzene rings is 2. The van der Waals surface area contributed by atoms with E-state index in [0.29, 0.717) is 16.5 Å². The van der Waals surface area contributed by atoms with E-state index in [4.69, 9.17) is 9.15 Å². The Bertz CT molecular complexity index is 908. The number of hydrogen-bond donors (Lipinski definition) is 0. The van der Waals surface area contributed by atoms with Crippen LogP contribution in [0.4, 0.5) is 0 Å². The lowest BCUT2D eigenvalue weighted by Gasteiger charge is -2.11. The van der Waals surface area contributed by atoms with Crippen LogP contribution in [-0.2, 0) is 4.74 Å². The van der Waals surface area contributed by atoms with Gasteiger partial charge in [-0.1, -0.05) is 42.5 Å². The summed E-state index contributed by atoms with van der Waals surface area (Å²) in [6.45, 7) is 3.48. The molecule has 116 valence electrons. The molecule has 1 aromatic heterocycles. The zero-order valence-corrected chi connectivity index (χ0v) is 12.9. The van der Waals surface area contributed by atoms with Crippen LogP contribution < -0.4 is 5.43 Å². The maximum Gasteiger partial charge on any atom is 0.346 e. The van der Waals surface area contributed by atoms with Gasteiger partial charge in [0.15, 0.2) is 11.3 Å². The minimum Gasteiger partial charge on any atom is -0.459 e. The van der Waals surface area contributed by atoms with Gasteiger partial charge in [-0.15, -0.1) is 0 Å². The Kier molecular flexibility index (Phi) is 3.98. The van der Waals surface area contributed by atoms with Gasteiger partial charge in [0.25, 0.3) is 0 Å². The predicted molar refractivity (Wildman–Crippen MR) is 88.5 cm³/mol. The van der Waals surface area contributed by atoms with Crippen LogP contribution in [-0.4, -0.2) is 12.1 Å². The fraction of sp³-hybridized carbons (Fsp3) is 0.158. The number of esters is 1. The van der Waals surface area contributed by atoms with Crippen molar-refractivity contribution in [3.63, 3.8) is 0 Å². The Hall–Kier alpha value is -2.88. The SMILES string of the molecule is CC(C)OC(=O)c1c(-c2ccccc2)oc2ccccc2c1=O. The molecule has 0 fully saturated rings. The second-order valence-corrected chi connectivity index (χ2v) is 5.45. The van der Waals surface area contributed by atoms with Crippen LogP contribution in [0.1, 0.15) is 24.2 Å². The molecule has 0 aliphatic carbocycles. The van der Waals surface area contributed by atoms with Gasteiger partial charge in [0.2, 0.25) is 5.43 Å². The lowest BCUT2D eigenvalue weighted by molar-refractivity contribution is 0.0375. The first-order valence-electron chi connectivity index (χ1n) is 7.40. The minimum absolute atomic E-state index is 0.0661. The van der Waals surface area contributed by atoms with Gasteiger partial charge in [-0.3, -0.25) is 4.79 Å². The first kappa shape index (κ1) is 15.0. The van der Waals surface area contributed by atoms with E-state index in [-0.39, 0.29) is 22.9 Å². The maximum absolute atomic E-state index is 12.8. The van der Waals surface area contributed by atoms with E-state index < -0.39 is 5.97 Å². The summed E-state index contributed by atoms with van der Waals surface area (Å²) in [6.07, 6.45) is -0.322. The quantitative estimate of drug-likeness (QED) is 0.686. The molecule has 4 heteroatoms. The van der Waals surface area contributed by atoms with Crippen LogP contribution in [0.5, 0.6) is 0 Å². The van der Waals surface area contributed by atoms with Gasteiger partial charge in [-0.2, -0.15) is 0 Å². The summed E-state index contributed by atoms with van der Waals surface area (Å²) < 4.78 is 11.1. The third-order valence-electron chi connectivity index (χ3n) is 3.38. The summed E-state index contributed by atoms with van der Waals surface area (Å²) in [5.41, 5.74) is 0.656. The highest BCUT2D eigenvalue weighted by Crippen LogP contribution is 2.26. The molecule has 0 atom stereocenters. The van der Waals surface area contributed by atoms with Crippen molar-refractivity contribution < 1.29 is 13.9 Å². The second kappa shape index (κ2) is 6.08. The van der Waals surface area contributed by atoms with Crippen LogP contribution >= 0.6 is 0 Å². The molecule has 0 N–H and O–H groups in total. The highest BCUT2D eigenvalue weighted by molar-refractivity contribution is 5.99. The smallest absolute Gasteiger partial charge is 0.346 e. The van der Waals surface area contributed by atoms with E-state index in [0.717, 1.165) is 0 Å². The molecule has 1 heterocycles. The molecule has 4 nitrogen and oxygen atoms in total. The van der Waals surface area contributed by atoms with Gasteiger partial charge in [0, 0.05) is 5.56 Å². The number of hydrogen-bond acceptors (Lipinski definition) is 4. The van der Waals surface area contributed by atoms with Crippen molar-refractivity contribution in [2.45, 2.75) is 20.0 Å². The van der Waals surface area contributed by atoms with Gasteiger partial charge in [0.05, 0.1) is 11.5 Å². The van der Waals surface area contributed by atoms with Crippen molar-refractivity contribution in [1.29, 1.82) is 0 Å². The lowest BCUT2D eigenvalue weighted by atomic mass is 10.0. The fourth-order valence-corrected chi connectivity index (χ4v) is 2.39.